The van der Waals surface area contributed by atoms with E-state index in [0.717, 1.165) is 19.3 Å². The van der Waals surface area contributed by atoms with Crippen LogP contribution in [0.5, 0.6) is 0 Å². The molecule has 1 N–H and O–H groups in total. The Hall–Kier alpha value is -0.370. The maximum atomic E-state index is 9.72. The number of carbonyl (C=O) groups excluding carboxylic acids is 1. The van der Waals surface area contributed by atoms with Crippen LogP contribution in [0, 0.1) is 0 Å². The van der Waals surface area contributed by atoms with Gasteiger partial charge in [-0.1, -0.05) is 0 Å². The minimum Gasteiger partial charge on any atom is -0.308 e. The van der Waals surface area contributed by atoms with Gasteiger partial charge in [-0.05, 0) is 13.0 Å². The fourth-order valence-corrected chi connectivity index (χ4v) is 0.427. The summed E-state index contributed by atoms with van der Waals surface area (Å²) in [5.41, 5.74) is 0. The van der Waals surface area contributed by atoms with Crippen molar-refractivity contribution >= 4 is 6.29 Å². The van der Waals surface area contributed by atoms with Crippen molar-refractivity contribution in [1.29, 1.82) is 0 Å². The predicted molar refractivity (Wildman–Crippen MR) is 22.5 cm³/mol. The Labute approximate surface area is 36.5 Å². The topological polar surface area (TPSA) is 29.1 Å². The average Bonchev–Trinajstić information content (AvgIpc) is 1.31. The molecule has 0 bridgehead atoms. The maximum Gasteiger partial charge on any atom is 0.136 e. The zero-order valence-electron chi connectivity index (χ0n) is 3.48. The van der Waals surface area contributed by atoms with Crippen molar-refractivity contribution in [2.75, 3.05) is 6.54 Å². The average molecular weight is 85.1 g/mol. The highest BCUT2D eigenvalue weighted by Crippen LogP contribution is 1.95. The fourth-order valence-electron chi connectivity index (χ4n) is 0.427. The Morgan fingerprint density at radius 3 is 2.50 bits per heavy atom. The predicted octanol–water partition coefficient (Wildman–Crippen LogP) is -0.453. The Morgan fingerprint density at radius 2 is 2.50 bits per heavy atom. The minimum atomic E-state index is 0.185. The fraction of sp³-hybridized carbons (Fsp3) is 0.750. The van der Waals surface area contributed by atoms with E-state index in [9.17, 15) is 4.79 Å². The minimum absolute atomic E-state index is 0.185. The third-order valence-electron chi connectivity index (χ3n) is 1.03. The molecule has 0 saturated carbocycles. The lowest BCUT2D eigenvalue weighted by atomic mass is 10.1. The third kappa shape index (κ3) is 0.431. The van der Waals surface area contributed by atoms with Gasteiger partial charge in [-0.15, -0.1) is 0 Å². The SMILES string of the molecule is O=C[C@@H]1CCN1. The first-order valence-corrected chi connectivity index (χ1v) is 2.12. The summed E-state index contributed by atoms with van der Waals surface area (Å²) in [5, 5.41) is 2.93. The van der Waals surface area contributed by atoms with Crippen LogP contribution in [0.2, 0.25) is 0 Å². The van der Waals surface area contributed by atoms with Crippen molar-refractivity contribution in [2.24, 2.45) is 0 Å². The Morgan fingerprint density at radius 1 is 1.83 bits per heavy atom. The second-order valence-electron chi connectivity index (χ2n) is 1.49. The molecule has 1 aliphatic heterocycles. The van der Waals surface area contributed by atoms with Gasteiger partial charge in [-0.2, -0.15) is 0 Å². The van der Waals surface area contributed by atoms with Crippen LogP contribution in [0.25, 0.3) is 0 Å². The van der Waals surface area contributed by atoms with Crippen LogP contribution in [0.1, 0.15) is 6.42 Å². The van der Waals surface area contributed by atoms with E-state index < -0.39 is 0 Å². The summed E-state index contributed by atoms with van der Waals surface area (Å²) in [6.07, 6.45) is 1.98. The van der Waals surface area contributed by atoms with Crippen molar-refractivity contribution in [3.63, 3.8) is 0 Å². The standard InChI is InChI=1S/C4H7NO/c6-3-4-1-2-5-4/h3-5H,1-2H2/t4-/m0/s1. The summed E-state index contributed by atoms with van der Waals surface area (Å²) in [7, 11) is 0. The molecule has 34 valence electrons. The Kier molecular flexibility index (Phi) is 0.881. The molecule has 1 fully saturated rings. The summed E-state index contributed by atoms with van der Waals surface area (Å²) in [4.78, 5) is 9.72. The van der Waals surface area contributed by atoms with Gasteiger partial charge < -0.3 is 10.1 Å². The van der Waals surface area contributed by atoms with E-state index in [2.05, 4.69) is 5.32 Å². The van der Waals surface area contributed by atoms with E-state index in [-0.39, 0.29) is 6.04 Å². The second kappa shape index (κ2) is 1.39. The lowest BCUT2D eigenvalue weighted by Crippen LogP contribution is -2.43. The van der Waals surface area contributed by atoms with Gasteiger partial charge in [0.15, 0.2) is 0 Å². The molecule has 0 unspecified atom stereocenters. The number of aldehydes is 1. The molecular formula is C4H7NO. The zero-order chi connectivity index (χ0) is 4.41. The Bertz CT molecular complexity index is 58.6. The van der Waals surface area contributed by atoms with Crippen molar-refractivity contribution in [1.82, 2.24) is 5.32 Å². The first kappa shape index (κ1) is 3.81. The van der Waals surface area contributed by atoms with Crippen LogP contribution in [0.3, 0.4) is 0 Å². The zero-order valence-corrected chi connectivity index (χ0v) is 3.48. The number of hydrogen-bond donors (Lipinski definition) is 1. The van der Waals surface area contributed by atoms with Crippen molar-refractivity contribution in [3.05, 3.63) is 0 Å². The molecule has 1 heterocycles. The van der Waals surface area contributed by atoms with E-state index in [1.54, 1.807) is 0 Å². The van der Waals surface area contributed by atoms with Gasteiger partial charge in [0, 0.05) is 0 Å². The summed E-state index contributed by atoms with van der Waals surface area (Å²) in [5.74, 6) is 0. The van der Waals surface area contributed by atoms with Crippen LogP contribution in [-0.4, -0.2) is 18.9 Å². The lowest BCUT2D eigenvalue weighted by molar-refractivity contribution is -0.110. The molecule has 0 spiro atoms. The van der Waals surface area contributed by atoms with Crippen LogP contribution in [0.15, 0.2) is 0 Å². The first-order valence-electron chi connectivity index (χ1n) is 2.12. The Balaban J connectivity index is 2.16. The number of carbonyl (C=O) groups is 1. The molecule has 1 saturated heterocycles. The molecule has 0 aromatic heterocycles. The normalized spacial score (nSPS) is 31.7. The summed E-state index contributed by atoms with van der Waals surface area (Å²) in [6.45, 7) is 1.02. The van der Waals surface area contributed by atoms with Gasteiger partial charge >= 0.3 is 0 Å². The number of rotatable bonds is 1. The number of nitrogens with one attached hydrogen (secondary N) is 1. The van der Waals surface area contributed by atoms with E-state index in [1.807, 2.05) is 0 Å². The van der Waals surface area contributed by atoms with E-state index >= 15 is 0 Å². The smallest absolute Gasteiger partial charge is 0.136 e. The molecule has 6 heavy (non-hydrogen) atoms. The van der Waals surface area contributed by atoms with Gasteiger partial charge in [-0.3, -0.25) is 0 Å². The largest absolute Gasteiger partial charge is 0.308 e. The molecule has 0 radical (unpaired) electrons. The van der Waals surface area contributed by atoms with Crippen LogP contribution >= 0.6 is 0 Å². The molecule has 0 aliphatic carbocycles. The highest BCUT2D eigenvalue weighted by atomic mass is 16.1. The lowest BCUT2D eigenvalue weighted by Gasteiger charge is -2.20. The molecule has 2 heteroatoms. The molecule has 1 atom stereocenters. The van der Waals surface area contributed by atoms with Gasteiger partial charge in [0.1, 0.15) is 6.29 Å². The molecule has 1 rings (SSSR count). The first-order chi connectivity index (χ1) is 2.93. The molecular weight excluding hydrogens is 78.0 g/mol. The molecule has 0 amide bonds. The molecule has 1 aliphatic rings. The van der Waals surface area contributed by atoms with Gasteiger partial charge in [0.05, 0.1) is 6.04 Å². The van der Waals surface area contributed by atoms with E-state index in [4.69, 9.17) is 0 Å². The highest BCUT2D eigenvalue weighted by Gasteiger charge is 2.13. The maximum absolute atomic E-state index is 9.72. The monoisotopic (exact) mass is 85.1 g/mol. The van der Waals surface area contributed by atoms with E-state index in [0.29, 0.717) is 0 Å². The second-order valence-corrected chi connectivity index (χ2v) is 1.49. The molecule has 0 aromatic rings. The van der Waals surface area contributed by atoms with Crippen LogP contribution in [0.4, 0.5) is 0 Å². The van der Waals surface area contributed by atoms with E-state index in [1.165, 1.54) is 0 Å². The summed E-state index contributed by atoms with van der Waals surface area (Å²) in [6, 6.07) is 0.185. The van der Waals surface area contributed by atoms with Crippen LogP contribution in [-0.2, 0) is 4.79 Å². The quantitative estimate of drug-likeness (QED) is 0.437. The van der Waals surface area contributed by atoms with Gasteiger partial charge in [0.2, 0.25) is 0 Å². The molecule has 0 aromatic carbocycles. The number of hydrogen-bond acceptors (Lipinski definition) is 2. The van der Waals surface area contributed by atoms with Crippen molar-refractivity contribution in [3.8, 4) is 0 Å². The highest BCUT2D eigenvalue weighted by molar-refractivity contribution is 5.58. The van der Waals surface area contributed by atoms with Crippen molar-refractivity contribution < 1.29 is 4.79 Å². The summed E-state index contributed by atoms with van der Waals surface area (Å²) >= 11 is 0. The molecule has 2 nitrogen and oxygen atoms in total. The van der Waals surface area contributed by atoms with Crippen molar-refractivity contribution in [2.45, 2.75) is 12.5 Å². The summed E-state index contributed by atoms with van der Waals surface area (Å²) < 4.78 is 0. The third-order valence-corrected chi connectivity index (χ3v) is 1.03. The van der Waals surface area contributed by atoms with Gasteiger partial charge in [0.25, 0.3) is 0 Å². The van der Waals surface area contributed by atoms with Crippen LogP contribution < -0.4 is 5.32 Å². The van der Waals surface area contributed by atoms with Gasteiger partial charge in [-0.25, -0.2) is 0 Å².